The van der Waals surface area contributed by atoms with Gasteiger partial charge in [-0.05, 0) is 32.0 Å². The van der Waals surface area contributed by atoms with Crippen LogP contribution in [0.5, 0.6) is 0 Å². The molecule has 0 spiro atoms. The molecule has 1 aromatic rings. The van der Waals surface area contributed by atoms with Crippen LogP contribution in [0.3, 0.4) is 0 Å². The lowest BCUT2D eigenvalue weighted by atomic mass is 10.0. The van der Waals surface area contributed by atoms with Gasteiger partial charge in [0, 0.05) is 18.8 Å². The van der Waals surface area contributed by atoms with E-state index in [1.165, 1.54) is 0 Å². The van der Waals surface area contributed by atoms with Crippen molar-refractivity contribution >= 4 is 0 Å². The van der Waals surface area contributed by atoms with Crippen LogP contribution >= 0.6 is 0 Å². The zero-order valence-electron chi connectivity index (χ0n) is 11.1. The van der Waals surface area contributed by atoms with Crippen molar-refractivity contribution < 1.29 is 5.11 Å². The van der Waals surface area contributed by atoms with Gasteiger partial charge in [-0.15, -0.1) is 0 Å². The van der Waals surface area contributed by atoms with Crippen LogP contribution in [0.2, 0.25) is 0 Å². The van der Waals surface area contributed by atoms with Crippen LogP contribution in [0.1, 0.15) is 38.8 Å². The first-order chi connectivity index (χ1) is 8.19. The van der Waals surface area contributed by atoms with Crippen molar-refractivity contribution in [1.82, 2.24) is 9.88 Å². The summed E-state index contributed by atoms with van der Waals surface area (Å²) in [5.41, 5.74) is 1.05. The minimum absolute atomic E-state index is 0.219. The van der Waals surface area contributed by atoms with Gasteiger partial charge in [0.2, 0.25) is 0 Å². The maximum atomic E-state index is 10.1. The largest absolute Gasteiger partial charge is 0.391 e. The van der Waals surface area contributed by atoms with Crippen molar-refractivity contribution in [3.05, 3.63) is 30.1 Å². The molecule has 1 N–H and O–H groups in total. The molecule has 0 aliphatic carbocycles. The van der Waals surface area contributed by atoms with Gasteiger partial charge >= 0.3 is 0 Å². The standard InChI is InChI=1S/C14H24N2O/c1-4-8-14(17)13(5-2)16(3)11-12-9-6-7-10-15-12/h6-7,9-10,13-14,17H,4-5,8,11H2,1-3H3. The van der Waals surface area contributed by atoms with E-state index in [0.29, 0.717) is 0 Å². The van der Waals surface area contributed by atoms with Crippen molar-refractivity contribution in [2.24, 2.45) is 0 Å². The van der Waals surface area contributed by atoms with Crippen molar-refractivity contribution in [3.8, 4) is 0 Å². The highest BCUT2D eigenvalue weighted by Gasteiger charge is 2.21. The summed E-state index contributed by atoms with van der Waals surface area (Å²) in [5, 5.41) is 10.1. The first-order valence-corrected chi connectivity index (χ1v) is 6.47. The molecule has 3 nitrogen and oxygen atoms in total. The van der Waals surface area contributed by atoms with E-state index in [2.05, 4.69) is 30.8 Å². The SMILES string of the molecule is CCCC(O)C(CC)N(C)Cc1ccccn1. The summed E-state index contributed by atoms with van der Waals surface area (Å²) in [6.45, 7) is 5.02. The highest BCUT2D eigenvalue weighted by atomic mass is 16.3. The van der Waals surface area contributed by atoms with E-state index in [1.54, 1.807) is 0 Å². The predicted molar refractivity (Wildman–Crippen MR) is 70.7 cm³/mol. The van der Waals surface area contributed by atoms with Crippen LogP contribution in [-0.2, 0) is 6.54 Å². The fourth-order valence-corrected chi connectivity index (χ4v) is 2.23. The van der Waals surface area contributed by atoms with Gasteiger partial charge in [-0.3, -0.25) is 9.88 Å². The number of aliphatic hydroxyl groups excluding tert-OH is 1. The molecule has 1 heterocycles. The van der Waals surface area contributed by atoms with Crippen LogP contribution < -0.4 is 0 Å². The van der Waals surface area contributed by atoms with E-state index in [9.17, 15) is 5.11 Å². The summed E-state index contributed by atoms with van der Waals surface area (Å²) >= 11 is 0. The Bertz CT molecular complexity index is 302. The molecule has 96 valence electrons. The number of aliphatic hydroxyl groups is 1. The zero-order chi connectivity index (χ0) is 12.7. The first kappa shape index (κ1) is 14.1. The minimum Gasteiger partial charge on any atom is -0.391 e. The quantitative estimate of drug-likeness (QED) is 0.790. The molecule has 0 saturated heterocycles. The number of rotatable bonds is 7. The van der Waals surface area contributed by atoms with Gasteiger partial charge in [-0.25, -0.2) is 0 Å². The van der Waals surface area contributed by atoms with E-state index in [1.807, 2.05) is 24.4 Å². The number of hydrogen-bond acceptors (Lipinski definition) is 3. The van der Waals surface area contributed by atoms with Gasteiger partial charge in [-0.1, -0.05) is 26.3 Å². The minimum atomic E-state index is -0.237. The fraction of sp³-hybridized carbons (Fsp3) is 0.643. The number of likely N-dealkylation sites (N-methyl/N-ethyl adjacent to an activating group) is 1. The highest BCUT2D eigenvalue weighted by Crippen LogP contribution is 2.14. The van der Waals surface area contributed by atoms with Crippen LogP contribution in [0.15, 0.2) is 24.4 Å². The molecule has 1 rings (SSSR count). The molecule has 0 radical (unpaired) electrons. The molecule has 17 heavy (non-hydrogen) atoms. The van der Waals surface area contributed by atoms with Gasteiger partial charge in [0.1, 0.15) is 0 Å². The third-order valence-electron chi connectivity index (χ3n) is 3.15. The summed E-state index contributed by atoms with van der Waals surface area (Å²) in [5.74, 6) is 0. The Labute approximate surface area is 104 Å². The molecule has 0 aromatic carbocycles. The van der Waals surface area contributed by atoms with Gasteiger partial charge in [0.15, 0.2) is 0 Å². The molecule has 0 amide bonds. The third-order valence-corrected chi connectivity index (χ3v) is 3.15. The highest BCUT2D eigenvalue weighted by molar-refractivity contribution is 5.03. The van der Waals surface area contributed by atoms with E-state index < -0.39 is 0 Å². The Morgan fingerprint density at radius 3 is 2.65 bits per heavy atom. The molecule has 2 atom stereocenters. The molecule has 0 bridgehead atoms. The van der Waals surface area contributed by atoms with E-state index >= 15 is 0 Å². The Kier molecular flexibility index (Phi) is 6.16. The average Bonchev–Trinajstić information content (AvgIpc) is 2.31. The number of pyridine rings is 1. The van der Waals surface area contributed by atoms with Crippen molar-refractivity contribution in [2.45, 2.75) is 51.8 Å². The molecule has 1 aromatic heterocycles. The van der Waals surface area contributed by atoms with Crippen LogP contribution in [0.4, 0.5) is 0 Å². The lowest BCUT2D eigenvalue weighted by Gasteiger charge is -2.30. The summed E-state index contributed by atoms with van der Waals surface area (Å²) in [6, 6.07) is 6.17. The van der Waals surface area contributed by atoms with Crippen molar-refractivity contribution in [3.63, 3.8) is 0 Å². The Morgan fingerprint density at radius 2 is 2.12 bits per heavy atom. The topological polar surface area (TPSA) is 36.4 Å². The summed E-state index contributed by atoms with van der Waals surface area (Å²) in [4.78, 5) is 6.51. The maximum absolute atomic E-state index is 10.1. The van der Waals surface area contributed by atoms with E-state index in [4.69, 9.17) is 0 Å². The number of hydrogen-bond donors (Lipinski definition) is 1. The van der Waals surface area contributed by atoms with Gasteiger partial charge in [-0.2, -0.15) is 0 Å². The Hall–Kier alpha value is -0.930. The molecule has 0 saturated carbocycles. The molecular weight excluding hydrogens is 212 g/mol. The molecular formula is C14H24N2O. The monoisotopic (exact) mass is 236 g/mol. The molecule has 3 heteroatoms. The fourth-order valence-electron chi connectivity index (χ4n) is 2.23. The van der Waals surface area contributed by atoms with Crippen LogP contribution in [0, 0.1) is 0 Å². The van der Waals surface area contributed by atoms with Crippen LogP contribution in [-0.4, -0.2) is 34.2 Å². The van der Waals surface area contributed by atoms with Crippen molar-refractivity contribution in [1.29, 1.82) is 0 Å². The Balaban J connectivity index is 2.57. The van der Waals surface area contributed by atoms with Crippen LogP contribution in [0.25, 0.3) is 0 Å². The van der Waals surface area contributed by atoms with Gasteiger partial charge < -0.3 is 5.11 Å². The maximum Gasteiger partial charge on any atom is 0.0695 e. The smallest absolute Gasteiger partial charge is 0.0695 e. The van der Waals surface area contributed by atoms with E-state index in [0.717, 1.165) is 31.5 Å². The van der Waals surface area contributed by atoms with Gasteiger partial charge in [0.05, 0.1) is 11.8 Å². The molecule has 2 unspecified atom stereocenters. The molecule has 0 aliphatic rings. The number of aromatic nitrogens is 1. The summed E-state index contributed by atoms with van der Waals surface area (Å²) in [7, 11) is 2.06. The Morgan fingerprint density at radius 1 is 1.35 bits per heavy atom. The summed E-state index contributed by atoms with van der Waals surface area (Å²) < 4.78 is 0. The lowest BCUT2D eigenvalue weighted by Crippen LogP contribution is -2.40. The predicted octanol–water partition coefficient (Wildman–Crippen LogP) is 2.45. The van der Waals surface area contributed by atoms with E-state index in [-0.39, 0.29) is 12.1 Å². The zero-order valence-corrected chi connectivity index (χ0v) is 11.1. The lowest BCUT2D eigenvalue weighted by molar-refractivity contribution is 0.0500. The van der Waals surface area contributed by atoms with Gasteiger partial charge in [0.25, 0.3) is 0 Å². The normalized spacial score (nSPS) is 14.9. The first-order valence-electron chi connectivity index (χ1n) is 6.47. The second-order valence-electron chi connectivity index (χ2n) is 4.57. The third kappa shape index (κ3) is 4.44. The molecule has 0 fully saturated rings. The second kappa shape index (κ2) is 7.41. The van der Waals surface area contributed by atoms with Crippen molar-refractivity contribution in [2.75, 3.05) is 7.05 Å². The number of nitrogens with zero attached hydrogens (tertiary/aromatic N) is 2. The summed E-state index contributed by atoms with van der Waals surface area (Å²) in [6.07, 6.45) is 4.43. The average molecular weight is 236 g/mol. The second-order valence-corrected chi connectivity index (χ2v) is 4.57. The molecule has 0 aliphatic heterocycles.